The maximum absolute atomic E-state index is 12.7. The summed E-state index contributed by atoms with van der Waals surface area (Å²) < 4.78 is 54.8. The van der Waals surface area contributed by atoms with E-state index in [-0.39, 0.29) is 35.9 Å². The van der Waals surface area contributed by atoms with E-state index in [1.807, 2.05) is 88.2 Å². The molecule has 0 aromatic heterocycles. The summed E-state index contributed by atoms with van der Waals surface area (Å²) in [5.74, 6) is 0.416. The Bertz CT molecular complexity index is 2040. The molecule has 60 heavy (non-hydrogen) atoms. The molecule has 0 fully saturated rings. The van der Waals surface area contributed by atoms with Crippen molar-refractivity contribution in [3.8, 4) is 22.9 Å². The summed E-state index contributed by atoms with van der Waals surface area (Å²) in [5, 5.41) is 16.7. The van der Waals surface area contributed by atoms with Crippen molar-refractivity contribution in [2.45, 2.75) is 86.2 Å². The topological polar surface area (TPSA) is 114 Å². The number of nitrogens with zero attached hydrogens (tertiary/aromatic N) is 4. The average Bonchev–Trinajstić information content (AvgIpc) is 3.25. The fourth-order valence-corrected chi connectivity index (χ4v) is 6.35. The molecule has 0 saturated carbocycles. The molecule has 13 heteroatoms. The first kappa shape index (κ1) is 49.0. The average molecular weight is 849 g/mol. The molecular weight excluding hydrogens is 793 g/mol. The molecule has 322 valence electrons. The third-order valence-electron chi connectivity index (χ3n) is 10.4. The Hall–Kier alpha value is -5.41. The normalized spacial score (nSPS) is 13.2. The summed E-state index contributed by atoms with van der Waals surface area (Å²) in [5.41, 5.74) is 2.61. The Balaban J connectivity index is 0.000000327. The van der Waals surface area contributed by atoms with Crippen LogP contribution in [0.25, 0.3) is 11.1 Å². The number of ether oxygens (including phenoxy) is 3. The quantitative estimate of drug-likeness (QED) is 0.0524. The summed E-state index contributed by atoms with van der Waals surface area (Å²) >= 11 is 5.90. The predicted octanol–water partition coefficient (Wildman–Crippen LogP) is 13.3. The minimum absolute atomic E-state index is 0.127. The highest BCUT2D eigenvalue weighted by molar-refractivity contribution is 6.33. The fourth-order valence-electron chi connectivity index (χ4n) is 6.13. The van der Waals surface area contributed by atoms with E-state index in [1.165, 1.54) is 6.07 Å². The van der Waals surface area contributed by atoms with Gasteiger partial charge in [0.15, 0.2) is 0 Å². The van der Waals surface area contributed by atoms with E-state index >= 15 is 0 Å². The van der Waals surface area contributed by atoms with Crippen molar-refractivity contribution < 1.29 is 37.0 Å². The molecule has 0 aliphatic heterocycles. The maximum atomic E-state index is 12.7. The Morgan fingerprint density at radius 2 is 1.27 bits per heavy atom. The lowest BCUT2D eigenvalue weighted by Gasteiger charge is -2.26. The monoisotopic (exact) mass is 848 g/mol. The van der Waals surface area contributed by atoms with Gasteiger partial charge in [0.2, 0.25) is 0 Å². The molecule has 0 radical (unpaired) electrons. The molecule has 0 bridgehead atoms. The number of alkyl halides is 3. The van der Waals surface area contributed by atoms with E-state index in [4.69, 9.17) is 31.1 Å². The number of carbonyl (C=O) groups is 2. The summed E-state index contributed by atoms with van der Waals surface area (Å²) in [7, 11) is 1.89. The van der Waals surface area contributed by atoms with Gasteiger partial charge in [0.25, 0.3) is 0 Å². The number of carbonyl (C=O) groups excluding carboxylic acids is 2. The first-order chi connectivity index (χ1) is 28.5. The van der Waals surface area contributed by atoms with E-state index in [0.29, 0.717) is 24.4 Å². The summed E-state index contributed by atoms with van der Waals surface area (Å²) in [6, 6.07) is 27.3. The molecule has 9 nitrogen and oxygen atoms in total. The van der Waals surface area contributed by atoms with Gasteiger partial charge in [0.05, 0.1) is 45.3 Å². The van der Waals surface area contributed by atoms with Gasteiger partial charge in [-0.1, -0.05) is 76.4 Å². The van der Waals surface area contributed by atoms with Crippen LogP contribution in [0.4, 0.5) is 30.2 Å². The summed E-state index contributed by atoms with van der Waals surface area (Å²) in [4.78, 5) is 26.6. The van der Waals surface area contributed by atoms with Crippen molar-refractivity contribution in [2.75, 3.05) is 38.3 Å². The fraction of sp³-hybridized carbons (Fsp3) is 0.426. The second-order valence-electron chi connectivity index (χ2n) is 15.0. The van der Waals surface area contributed by atoms with Crippen LogP contribution in [0.2, 0.25) is 5.02 Å². The number of azo groups is 1. The lowest BCUT2D eigenvalue weighted by Crippen LogP contribution is -2.32. The molecular formula is C47H56ClF3N4O5. The zero-order valence-electron chi connectivity index (χ0n) is 35.6. The Kier molecular flexibility index (Phi) is 19.1. The first-order valence-corrected chi connectivity index (χ1v) is 20.6. The largest absolute Gasteiger partial charge is 0.490 e. The van der Waals surface area contributed by atoms with Gasteiger partial charge in [-0.05, 0) is 117 Å². The highest BCUT2D eigenvalue weighted by atomic mass is 35.5. The predicted molar refractivity (Wildman–Crippen MR) is 231 cm³/mol. The van der Waals surface area contributed by atoms with Gasteiger partial charge in [-0.15, -0.1) is 5.11 Å². The number of halogens is 4. The zero-order valence-corrected chi connectivity index (χ0v) is 36.3. The van der Waals surface area contributed by atoms with E-state index in [0.717, 1.165) is 73.2 Å². The summed E-state index contributed by atoms with van der Waals surface area (Å²) in [6.45, 7) is 13.4. The summed E-state index contributed by atoms with van der Waals surface area (Å²) in [6.07, 6.45) is 0.562. The van der Waals surface area contributed by atoms with Crippen LogP contribution in [0, 0.1) is 22.2 Å². The van der Waals surface area contributed by atoms with Gasteiger partial charge in [-0.3, -0.25) is 9.59 Å². The zero-order chi connectivity index (χ0) is 44.3. The number of benzene rings is 4. The van der Waals surface area contributed by atoms with Crippen LogP contribution in [0.15, 0.2) is 101 Å². The van der Waals surface area contributed by atoms with Crippen LogP contribution in [0.1, 0.15) is 91.2 Å². The van der Waals surface area contributed by atoms with Crippen LogP contribution in [0.3, 0.4) is 0 Å². The van der Waals surface area contributed by atoms with E-state index in [1.54, 1.807) is 24.3 Å². The molecule has 0 aliphatic carbocycles. The highest BCUT2D eigenvalue weighted by Gasteiger charge is 2.33. The van der Waals surface area contributed by atoms with E-state index < -0.39 is 22.6 Å². The smallest absolute Gasteiger partial charge is 0.416 e. The van der Waals surface area contributed by atoms with Gasteiger partial charge in [0, 0.05) is 12.7 Å². The number of anilines is 1. The molecule has 4 aromatic rings. The number of likely N-dealkylation sites (N-methyl/N-ethyl adjacent to an activating group) is 1. The SMILES string of the molecule is CCCC(C)(CC)C(=O)OCCN(C)c1ccc(N=Nc2ccc(C(F)(F)F)cc2Cl)cc1.CCCC(C)(CC)C(=O)OCCOc1ccc(-c2ccc(C#N)cc2)cc1. The van der Waals surface area contributed by atoms with Crippen molar-refractivity contribution in [1.29, 1.82) is 5.26 Å². The third-order valence-corrected chi connectivity index (χ3v) is 10.7. The first-order valence-electron chi connectivity index (χ1n) is 20.2. The Labute approximate surface area is 357 Å². The van der Waals surface area contributed by atoms with Gasteiger partial charge in [0.1, 0.15) is 31.3 Å². The van der Waals surface area contributed by atoms with Crippen LogP contribution in [-0.2, 0) is 25.2 Å². The van der Waals surface area contributed by atoms with Crippen LogP contribution < -0.4 is 9.64 Å². The number of hydrogen-bond donors (Lipinski definition) is 0. The van der Waals surface area contributed by atoms with Gasteiger partial charge in [-0.25, -0.2) is 0 Å². The third kappa shape index (κ3) is 14.7. The number of rotatable bonds is 19. The molecule has 0 spiro atoms. The molecule has 4 rings (SSSR count). The van der Waals surface area contributed by atoms with Gasteiger partial charge < -0.3 is 19.1 Å². The van der Waals surface area contributed by atoms with Gasteiger partial charge >= 0.3 is 18.1 Å². The second kappa shape index (κ2) is 23.4. The minimum atomic E-state index is -4.47. The van der Waals surface area contributed by atoms with Crippen molar-refractivity contribution in [1.82, 2.24) is 0 Å². The van der Waals surface area contributed by atoms with Crippen LogP contribution in [0.5, 0.6) is 5.75 Å². The Morgan fingerprint density at radius 1 is 0.733 bits per heavy atom. The number of hydrogen-bond acceptors (Lipinski definition) is 9. The van der Waals surface area contributed by atoms with Crippen molar-refractivity contribution in [3.63, 3.8) is 0 Å². The molecule has 0 amide bonds. The van der Waals surface area contributed by atoms with Crippen molar-refractivity contribution in [2.24, 2.45) is 21.1 Å². The number of esters is 2. The molecule has 0 saturated heterocycles. The van der Waals surface area contributed by atoms with Crippen molar-refractivity contribution >= 4 is 40.6 Å². The van der Waals surface area contributed by atoms with Gasteiger partial charge in [-0.2, -0.15) is 23.5 Å². The van der Waals surface area contributed by atoms with E-state index in [2.05, 4.69) is 30.1 Å². The molecule has 0 heterocycles. The minimum Gasteiger partial charge on any atom is -0.490 e. The molecule has 4 aromatic carbocycles. The van der Waals surface area contributed by atoms with Crippen LogP contribution in [-0.4, -0.2) is 45.4 Å². The Morgan fingerprint density at radius 3 is 1.75 bits per heavy atom. The molecule has 2 atom stereocenters. The number of nitriles is 1. The standard InChI is InChI=1S/C24H29ClF3N3O2.C23H27NO3/c1-5-13-23(3,6-2)22(32)33-15-14-31(4)19-10-8-18(9-11-19)29-30-21-12-7-17(16-20(21)25)24(26,27)28;1-4-14-23(3,5-2)22(25)27-16-15-26-21-12-10-20(11-13-21)19-8-6-18(17-24)7-9-19/h7-12,16H,5-6,13-15H2,1-4H3;6-13H,4-5,14-16H2,1-3H3. The van der Waals surface area contributed by atoms with Crippen molar-refractivity contribution in [3.05, 3.63) is 107 Å². The maximum Gasteiger partial charge on any atom is 0.416 e. The lowest BCUT2D eigenvalue weighted by molar-refractivity contribution is -0.156. The highest BCUT2D eigenvalue weighted by Crippen LogP contribution is 2.36. The molecule has 0 N–H and O–H groups in total. The molecule has 0 aliphatic rings. The molecule has 2 unspecified atom stereocenters. The van der Waals surface area contributed by atoms with Crippen LogP contribution >= 0.6 is 11.6 Å². The van der Waals surface area contributed by atoms with E-state index in [9.17, 15) is 22.8 Å². The second-order valence-corrected chi connectivity index (χ2v) is 15.4. The lowest BCUT2D eigenvalue weighted by atomic mass is 9.83.